The van der Waals surface area contributed by atoms with Crippen LogP contribution in [-0.4, -0.2) is 34.6 Å². The SMILES string of the molecule is CCN(CC)C(=O)C1CCCC2C3CCC4CC(C)(O)CCC4C3CCC12C. The van der Waals surface area contributed by atoms with E-state index in [1.165, 1.54) is 44.9 Å². The van der Waals surface area contributed by atoms with Crippen LogP contribution in [0.5, 0.6) is 0 Å². The topological polar surface area (TPSA) is 40.5 Å². The number of hydrogen-bond donors (Lipinski definition) is 1. The molecule has 4 aliphatic rings. The molecule has 0 bridgehead atoms. The molecule has 4 aliphatic carbocycles. The summed E-state index contributed by atoms with van der Waals surface area (Å²) in [5, 5.41) is 10.6. The normalized spacial score (nSPS) is 48.2. The first-order chi connectivity index (χ1) is 13.3. The number of carbonyl (C=O) groups is 1. The van der Waals surface area contributed by atoms with Crippen molar-refractivity contribution in [3.8, 4) is 0 Å². The molecule has 0 radical (unpaired) electrons. The van der Waals surface area contributed by atoms with Crippen molar-refractivity contribution in [1.82, 2.24) is 4.90 Å². The van der Waals surface area contributed by atoms with Gasteiger partial charge in [0.1, 0.15) is 0 Å². The lowest BCUT2D eigenvalue weighted by Crippen LogP contribution is -2.56. The van der Waals surface area contributed by atoms with Crippen LogP contribution in [0, 0.1) is 40.9 Å². The molecule has 8 unspecified atom stereocenters. The summed E-state index contributed by atoms with van der Waals surface area (Å²) in [6.07, 6.45) is 12.1. The number of aliphatic hydroxyl groups is 1. The maximum absolute atomic E-state index is 13.4. The maximum Gasteiger partial charge on any atom is 0.226 e. The summed E-state index contributed by atoms with van der Waals surface area (Å²) < 4.78 is 0. The largest absolute Gasteiger partial charge is 0.390 e. The molecule has 0 spiro atoms. The van der Waals surface area contributed by atoms with Crippen LogP contribution in [0.2, 0.25) is 0 Å². The number of carbonyl (C=O) groups excluding carboxylic acids is 1. The molecule has 28 heavy (non-hydrogen) atoms. The fraction of sp³-hybridized carbons (Fsp3) is 0.960. The van der Waals surface area contributed by atoms with E-state index in [0.29, 0.717) is 5.91 Å². The van der Waals surface area contributed by atoms with Crippen molar-refractivity contribution in [2.45, 2.75) is 97.5 Å². The third-order valence-corrected chi connectivity index (χ3v) is 9.85. The lowest BCUT2D eigenvalue weighted by Gasteiger charge is -2.60. The lowest BCUT2D eigenvalue weighted by molar-refractivity contribution is -0.158. The van der Waals surface area contributed by atoms with Gasteiger partial charge >= 0.3 is 0 Å². The summed E-state index contributed by atoms with van der Waals surface area (Å²) in [5.41, 5.74) is -0.213. The summed E-state index contributed by atoms with van der Waals surface area (Å²) in [5.74, 6) is 4.70. The fourth-order valence-electron chi connectivity index (χ4n) is 8.44. The molecule has 0 saturated heterocycles. The lowest BCUT2D eigenvalue weighted by atomic mass is 9.45. The Labute approximate surface area is 172 Å². The summed E-state index contributed by atoms with van der Waals surface area (Å²) in [7, 11) is 0. The Balaban J connectivity index is 1.54. The highest BCUT2D eigenvalue weighted by molar-refractivity contribution is 5.79. The molecule has 0 aromatic heterocycles. The van der Waals surface area contributed by atoms with Gasteiger partial charge in [-0.05, 0) is 114 Å². The molecule has 0 aliphatic heterocycles. The number of nitrogens with zero attached hydrogens (tertiary/aromatic N) is 1. The van der Waals surface area contributed by atoms with Gasteiger partial charge < -0.3 is 10.0 Å². The molecule has 8 atom stereocenters. The monoisotopic (exact) mass is 389 g/mol. The van der Waals surface area contributed by atoms with Crippen molar-refractivity contribution < 1.29 is 9.90 Å². The van der Waals surface area contributed by atoms with Crippen molar-refractivity contribution in [2.24, 2.45) is 40.9 Å². The molecule has 0 heterocycles. The van der Waals surface area contributed by atoms with Crippen molar-refractivity contribution in [1.29, 1.82) is 0 Å². The molecular formula is C25H43NO2. The zero-order valence-corrected chi connectivity index (χ0v) is 18.8. The second-order valence-corrected chi connectivity index (χ2v) is 11.2. The maximum atomic E-state index is 13.4. The molecule has 0 aromatic rings. The van der Waals surface area contributed by atoms with Gasteiger partial charge in [-0.25, -0.2) is 0 Å². The number of hydrogen-bond acceptors (Lipinski definition) is 2. The van der Waals surface area contributed by atoms with Crippen LogP contribution in [0.25, 0.3) is 0 Å². The van der Waals surface area contributed by atoms with E-state index < -0.39 is 5.60 Å². The van der Waals surface area contributed by atoms with E-state index in [1.807, 2.05) is 0 Å². The van der Waals surface area contributed by atoms with E-state index in [4.69, 9.17) is 0 Å². The van der Waals surface area contributed by atoms with Crippen LogP contribution in [-0.2, 0) is 4.79 Å². The molecule has 4 saturated carbocycles. The van der Waals surface area contributed by atoms with Crippen molar-refractivity contribution >= 4 is 5.91 Å². The number of rotatable bonds is 3. The highest BCUT2D eigenvalue weighted by Crippen LogP contribution is 2.63. The first kappa shape index (κ1) is 20.7. The second-order valence-electron chi connectivity index (χ2n) is 11.2. The van der Waals surface area contributed by atoms with Gasteiger partial charge in [0, 0.05) is 19.0 Å². The van der Waals surface area contributed by atoms with E-state index in [0.717, 1.165) is 61.9 Å². The minimum absolute atomic E-state index is 0.214. The van der Waals surface area contributed by atoms with Gasteiger partial charge in [0.05, 0.1) is 5.60 Å². The summed E-state index contributed by atoms with van der Waals surface area (Å²) in [6, 6.07) is 0. The van der Waals surface area contributed by atoms with E-state index in [2.05, 4.69) is 32.6 Å². The van der Waals surface area contributed by atoms with E-state index in [-0.39, 0.29) is 11.3 Å². The molecule has 3 nitrogen and oxygen atoms in total. The highest BCUT2D eigenvalue weighted by atomic mass is 16.3. The van der Waals surface area contributed by atoms with Crippen LogP contribution in [0.4, 0.5) is 0 Å². The van der Waals surface area contributed by atoms with Gasteiger partial charge in [-0.2, -0.15) is 0 Å². The van der Waals surface area contributed by atoms with Crippen LogP contribution in [0.15, 0.2) is 0 Å². The zero-order valence-electron chi connectivity index (χ0n) is 18.8. The molecule has 0 aromatic carbocycles. The Kier molecular flexibility index (Phi) is 5.61. The average molecular weight is 390 g/mol. The van der Waals surface area contributed by atoms with E-state index in [1.54, 1.807) is 0 Å². The number of fused-ring (bicyclic) bond motifs is 5. The smallest absolute Gasteiger partial charge is 0.226 e. The Bertz CT molecular complexity index is 583. The Morgan fingerprint density at radius 2 is 1.64 bits per heavy atom. The van der Waals surface area contributed by atoms with Gasteiger partial charge in [-0.15, -0.1) is 0 Å². The van der Waals surface area contributed by atoms with Gasteiger partial charge in [-0.3, -0.25) is 4.79 Å². The van der Waals surface area contributed by atoms with Gasteiger partial charge in [-0.1, -0.05) is 13.3 Å². The first-order valence-corrected chi connectivity index (χ1v) is 12.3. The Morgan fingerprint density at radius 3 is 2.36 bits per heavy atom. The zero-order chi connectivity index (χ0) is 20.1. The molecule has 1 N–H and O–H groups in total. The standard InChI is InChI=1S/C25H43NO2/c1-5-26(6-2)23(27)22-9-7-8-21-20-11-10-17-16-24(3,28)14-12-18(17)19(20)13-15-25(21,22)4/h17-22,28H,5-16H2,1-4H3. The second kappa shape index (κ2) is 7.60. The molecular weight excluding hydrogens is 346 g/mol. The molecule has 4 rings (SSSR count). The molecule has 1 amide bonds. The molecule has 4 fully saturated rings. The predicted octanol–water partition coefficient (Wildman–Crippen LogP) is 5.26. The summed E-state index contributed by atoms with van der Waals surface area (Å²) >= 11 is 0. The van der Waals surface area contributed by atoms with Gasteiger partial charge in [0.15, 0.2) is 0 Å². The van der Waals surface area contributed by atoms with E-state index >= 15 is 0 Å². The summed E-state index contributed by atoms with van der Waals surface area (Å²) in [4.78, 5) is 15.5. The van der Waals surface area contributed by atoms with Crippen LogP contribution >= 0.6 is 0 Å². The Morgan fingerprint density at radius 1 is 0.929 bits per heavy atom. The fourth-order valence-corrected chi connectivity index (χ4v) is 8.44. The third kappa shape index (κ3) is 3.34. The minimum atomic E-state index is -0.427. The minimum Gasteiger partial charge on any atom is -0.390 e. The number of amides is 1. The third-order valence-electron chi connectivity index (χ3n) is 9.85. The van der Waals surface area contributed by atoms with Crippen LogP contribution < -0.4 is 0 Å². The highest BCUT2D eigenvalue weighted by Gasteiger charge is 2.57. The first-order valence-electron chi connectivity index (χ1n) is 12.3. The van der Waals surface area contributed by atoms with Crippen LogP contribution in [0.1, 0.15) is 91.9 Å². The predicted molar refractivity (Wildman–Crippen MR) is 114 cm³/mol. The average Bonchev–Trinajstić information content (AvgIpc) is 2.66. The van der Waals surface area contributed by atoms with Crippen molar-refractivity contribution in [2.75, 3.05) is 13.1 Å². The van der Waals surface area contributed by atoms with Gasteiger partial charge in [0.25, 0.3) is 0 Å². The molecule has 3 heteroatoms. The van der Waals surface area contributed by atoms with E-state index in [9.17, 15) is 9.90 Å². The van der Waals surface area contributed by atoms with Gasteiger partial charge in [0.2, 0.25) is 5.91 Å². The summed E-state index contributed by atoms with van der Waals surface area (Å²) in [6.45, 7) is 10.5. The quantitative estimate of drug-likeness (QED) is 0.715. The molecule has 160 valence electrons. The van der Waals surface area contributed by atoms with Crippen LogP contribution in [0.3, 0.4) is 0 Å². The van der Waals surface area contributed by atoms with Crippen molar-refractivity contribution in [3.63, 3.8) is 0 Å². The van der Waals surface area contributed by atoms with Crippen molar-refractivity contribution in [3.05, 3.63) is 0 Å². The Hall–Kier alpha value is -0.570.